The SMILES string of the molecule is CCC(C)NC(N)=NCc1ccccc1Br.I. The van der Waals surface area contributed by atoms with Gasteiger partial charge in [0, 0.05) is 10.5 Å². The molecule has 0 aliphatic rings. The van der Waals surface area contributed by atoms with Crippen LogP contribution in [0.25, 0.3) is 0 Å². The molecular formula is C12H19BrIN3. The van der Waals surface area contributed by atoms with Crippen LogP contribution in [-0.2, 0) is 6.54 Å². The number of aliphatic imine (C=N–C) groups is 1. The lowest BCUT2D eigenvalue weighted by Crippen LogP contribution is -2.38. The van der Waals surface area contributed by atoms with Gasteiger partial charge >= 0.3 is 0 Å². The lowest BCUT2D eigenvalue weighted by atomic mass is 10.2. The number of guanidine groups is 1. The van der Waals surface area contributed by atoms with Crippen LogP contribution in [-0.4, -0.2) is 12.0 Å². The minimum absolute atomic E-state index is 0. The van der Waals surface area contributed by atoms with Gasteiger partial charge in [0.1, 0.15) is 0 Å². The summed E-state index contributed by atoms with van der Waals surface area (Å²) in [4.78, 5) is 4.30. The first-order valence-electron chi connectivity index (χ1n) is 5.43. The Morgan fingerprint density at radius 2 is 2.12 bits per heavy atom. The summed E-state index contributed by atoms with van der Waals surface area (Å²) in [5.41, 5.74) is 6.91. The topological polar surface area (TPSA) is 50.4 Å². The summed E-state index contributed by atoms with van der Waals surface area (Å²) >= 11 is 3.48. The second-order valence-corrected chi connectivity index (χ2v) is 4.60. The molecule has 5 heteroatoms. The third-order valence-electron chi connectivity index (χ3n) is 2.38. The molecule has 3 nitrogen and oxygen atoms in total. The minimum atomic E-state index is 0. The number of nitrogens with zero attached hydrogens (tertiary/aromatic N) is 1. The molecule has 1 unspecified atom stereocenters. The number of benzene rings is 1. The number of halogens is 2. The molecule has 0 aliphatic heterocycles. The largest absolute Gasteiger partial charge is 0.370 e. The van der Waals surface area contributed by atoms with Crippen molar-refractivity contribution < 1.29 is 0 Å². The molecular weight excluding hydrogens is 393 g/mol. The van der Waals surface area contributed by atoms with Crippen LogP contribution < -0.4 is 11.1 Å². The zero-order chi connectivity index (χ0) is 12.0. The highest BCUT2D eigenvalue weighted by atomic mass is 127. The Morgan fingerprint density at radius 3 is 2.71 bits per heavy atom. The second-order valence-electron chi connectivity index (χ2n) is 3.75. The van der Waals surface area contributed by atoms with Gasteiger partial charge in [-0.25, -0.2) is 4.99 Å². The molecule has 0 aliphatic carbocycles. The molecule has 1 aromatic rings. The maximum Gasteiger partial charge on any atom is 0.189 e. The van der Waals surface area contributed by atoms with E-state index in [0.29, 0.717) is 18.5 Å². The maximum absolute atomic E-state index is 5.77. The van der Waals surface area contributed by atoms with E-state index >= 15 is 0 Å². The predicted octanol–water partition coefficient (Wildman–Crippen LogP) is 3.27. The minimum Gasteiger partial charge on any atom is -0.370 e. The van der Waals surface area contributed by atoms with E-state index < -0.39 is 0 Å². The fourth-order valence-electron chi connectivity index (χ4n) is 1.20. The Bertz CT molecular complexity index is 369. The van der Waals surface area contributed by atoms with E-state index in [-0.39, 0.29) is 24.0 Å². The Hall–Kier alpha value is -0.300. The molecule has 1 rings (SSSR count). The van der Waals surface area contributed by atoms with Crippen LogP contribution >= 0.6 is 39.9 Å². The molecule has 96 valence electrons. The van der Waals surface area contributed by atoms with Crippen LogP contribution in [0.2, 0.25) is 0 Å². The molecule has 1 atom stereocenters. The van der Waals surface area contributed by atoms with Gasteiger partial charge in [-0.3, -0.25) is 0 Å². The summed E-state index contributed by atoms with van der Waals surface area (Å²) in [7, 11) is 0. The third kappa shape index (κ3) is 6.26. The first-order valence-corrected chi connectivity index (χ1v) is 6.22. The van der Waals surface area contributed by atoms with E-state index in [9.17, 15) is 0 Å². The van der Waals surface area contributed by atoms with Crippen molar-refractivity contribution in [2.75, 3.05) is 0 Å². The van der Waals surface area contributed by atoms with E-state index in [4.69, 9.17) is 5.73 Å². The molecule has 0 fully saturated rings. The first-order chi connectivity index (χ1) is 7.63. The molecule has 0 amide bonds. The van der Waals surface area contributed by atoms with Crippen molar-refractivity contribution in [1.82, 2.24) is 5.32 Å². The number of rotatable bonds is 4. The summed E-state index contributed by atoms with van der Waals surface area (Å²) in [6, 6.07) is 8.38. The van der Waals surface area contributed by atoms with Gasteiger partial charge in [0.25, 0.3) is 0 Å². The van der Waals surface area contributed by atoms with E-state index in [2.05, 4.69) is 40.1 Å². The van der Waals surface area contributed by atoms with E-state index in [0.717, 1.165) is 16.5 Å². The van der Waals surface area contributed by atoms with Gasteiger partial charge in [-0.15, -0.1) is 24.0 Å². The fourth-order valence-corrected chi connectivity index (χ4v) is 1.61. The van der Waals surface area contributed by atoms with E-state index in [1.165, 1.54) is 0 Å². The molecule has 0 bridgehead atoms. The normalized spacial score (nSPS) is 12.8. The van der Waals surface area contributed by atoms with Gasteiger partial charge < -0.3 is 11.1 Å². The quantitative estimate of drug-likeness (QED) is 0.453. The summed E-state index contributed by atoms with van der Waals surface area (Å²) < 4.78 is 1.06. The lowest BCUT2D eigenvalue weighted by molar-refractivity contribution is 0.636. The van der Waals surface area contributed by atoms with Crippen molar-refractivity contribution in [3.63, 3.8) is 0 Å². The molecule has 0 spiro atoms. The standard InChI is InChI=1S/C12H18BrN3.HI/c1-3-9(2)16-12(14)15-8-10-6-4-5-7-11(10)13;/h4-7,9H,3,8H2,1-2H3,(H3,14,15,16);1H. The third-order valence-corrected chi connectivity index (χ3v) is 3.16. The molecule has 0 saturated carbocycles. The summed E-state index contributed by atoms with van der Waals surface area (Å²) in [6.07, 6.45) is 1.03. The van der Waals surface area contributed by atoms with Gasteiger partial charge in [0.15, 0.2) is 5.96 Å². The Kier molecular flexibility index (Phi) is 8.59. The van der Waals surface area contributed by atoms with Crippen LogP contribution in [0.15, 0.2) is 33.7 Å². The van der Waals surface area contributed by atoms with Crippen molar-refractivity contribution in [2.24, 2.45) is 10.7 Å². The average molecular weight is 412 g/mol. The fraction of sp³-hybridized carbons (Fsp3) is 0.417. The maximum atomic E-state index is 5.77. The van der Waals surface area contributed by atoms with Gasteiger partial charge in [0.05, 0.1) is 6.54 Å². The molecule has 0 radical (unpaired) electrons. The zero-order valence-corrected chi connectivity index (χ0v) is 14.0. The highest BCUT2D eigenvalue weighted by Gasteiger charge is 2.00. The summed E-state index contributed by atoms with van der Waals surface area (Å²) in [5, 5.41) is 3.13. The Labute approximate surface area is 128 Å². The highest BCUT2D eigenvalue weighted by molar-refractivity contribution is 14.0. The van der Waals surface area contributed by atoms with Crippen LogP contribution in [0.1, 0.15) is 25.8 Å². The Balaban J connectivity index is 0.00000256. The van der Waals surface area contributed by atoms with Crippen molar-refractivity contribution in [3.05, 3.63) is 34.3 Å². The van der Waals surface area contributed by atoms with Crippen molar-refractivity contribution >= 4 is 45.9 Å². The van der Waals surface area contributed by atoms with Gasteiger partial charge in [-0.2, -0.15) is 0 Å². The van der Waals surface area contributed by atoms with Crippen molar-refractivity contribution in [1.29, 1.82) is 0 Å². The number of hydrogen-bond acceptors (Lipinski definition) is 1. The van der Waals surface area contributed by atoms with E-state index in [1.54, 1.807) is 0 Å². The molecule has 1 aromatic carbocycles. The second kappa shape index (κ2) is 8.74. The van der Waals surface area contributed by atoms with Crippen molar-refractivity contribution in [2.45, 2.75) is 32.9 Å². The van der Waals surface area contributed by atoms with Crippen molar-refractivity contribution in [3.8, 4) is 0 Å². The Morgan fingerprint density at radius 1 is 1.47 bits per heavy atom. The first kappa shape index (κ1) is 16.7. The molecule has 17 heavy (non-hydrogen) atoms. The predicted molar refractivity (Wildman–Crippen MR) is 87.8 cm³/mol. The smallest absolute Gasteiger partial charge is 0.189 e. The lowest BCUT2D eigenvalue weighted by Gasteiger charge is -2.11. The van der Waals surface area contributed by atoms with Gasteiger partial charge in [-0.1, -0.05) is 41.1 Å². The van der Waals surface area contributed by atoms with Gasteiger partial charge in [-0.05, 0) is 25.0 Å². The molecule has 0 saturated heterocycles. The summed E-state index contributed by atoms with van der Waals surface area (Å²) in [6.45, 7) is 4.79. The van der Waals surface area contributed by atoms with Crippen LogP contribution in [0.5, 0.6) is 0 Å². The van der Waals surface area contributed by atoms with Crippen LogP contribution in [0.4, 0.5) is 0 Å². The number of hydrogen-bond donors (Lipinski definition) is 2. The van der Waals surface area contributed by atoms with Crippen LogP contribution in [0, 0.1) is 0 Å². The molecule has 3 N–H and O–H groups in total. The number of nitrogens with two attached hydrogens (primary N) is 1. The van der Waals surface area contributed by atoms with Gasteiger partial charge in [0.2, 0.25) is 0 Å². The average Bonchev–Trinajstić information content (AvgIpc) is 2.28. The molecule has 0 aromatic heterocycles. The molecule has 0 heterocycles. The zero-order valence-electron chi connectivity index (χ0n) is 10.1. The highest BCUT2D eigenvalue weighted by Crippen LogP contribution is 2.16. The monoisotopic (exact) mass is 411 g/mol. The summed E-state index contributed by atoms with van der Waals surface area (Å²) in [5.74, 6) is 0.505. The van der Waals surface area contributed by atoms with Crippen LogP contribution in [0.3, 0.4) is 0 Å². The van der Waals surface area contributed by atoms with E-state index in [1.807, 2.05) is 24.3 Å². The number of nitrogens with one attached hydrogen (secondary N) is 1.